The number of aliphatic hydroxyl groups is 1. The van der Waals surface area contributed by atoms with Crippen LogP contribution in [0, 0.1) is 0 Å². The maximum atomic E-state index is 12.1. The maximum Gasteiger partial charge on any atom is 0.362 e. The first-order chi connectivity index (χ1) is 12.0. The number of carbonyl (C=O) groups excluding carboxylic acids is 1. The minimum absolute atomic E-state index is 0.0410. The highest BCUT2D eigenvalue weighted by atomic mass is 16.5. The Kier molecular flexibility index (Phi) is 6.00. The number of hydrogen-bond acceptors (Lipinski definition) is 6. The summed E-state index contributed by atoms with van der Waals surface area (Å²) >= 11 is 0. The van der Waals surface area contributed by atoms with Crippen molar-refractivity contribution in [2.24, 2.45) is 10.2 Å². The number of rotatable bonds is 6. The van der Waals surface area contributed by atoms with Crippen LogP contribution in [-0.2, 0) is 16.1 Å². The van der Waals surface area contributed by atoms with Crippen LogP contribution in [0.3, 0.4) is 0 Å². The third-order valence-corrected chi connectivity index (χ3v) is 3.13. The highest BCUT2D eigenvalue weighted by Gasteiger charge is 2.15. The lowest BCUT2D eigenvalue weighted by Crippen LogP contribution is -2.08. The van der Waals surface area contributed by atoms with Crippen molar-refractivity contribution in [2.75, 3.05) is 0 Å². The van der Waals surface area contributed by atoms with Gasteiger partial charge in [-0.15, -0.1) is 5.11 Å². The molecular formula is C18H16N2O5. The average Bonchev–Trinajstić information content (AvgIpc) is 2.61. The normalized spacial score (nSPS) is 11.9. The largest absolute Gasteiger partial charge is 0.510 e. The van der Waals surface area contributed by atoms with Gasteiger partial charge in [0.1, 0.15) is 12.4 Å². The number of allylic oxidation sites excluding steroid dienone is 1. The van der Waals surface area contributed by atoms with Crippen LogP contribution >= 0.6 is 0 Å². The molecule has 0 radical (unpaired) electrons. The summed E-state index contributed by atoms with van der Waals surface area (Å²) in [5.41, 5.74) is 0.917. The summed E-state index contributed by atoms with van der Waals surface area (Å²) in [5.74, 6) is -2.20. The van der Waals surface area contributed by atoms with Crippen molar-refractivity contribution in [1.29, 1.82) is 0 Å². The van der Waals surface area contributed by atoms with Crippen molar-refractivity contribution in [3.8, 4) is 0 Å². The highest BCUT2D eigenvalue weighted by molar-refractivity contribution is 5.88. The molecule has 0 heterocycles. The molecule has 0 aliphatic rings. The maximum absolute atomic E-state index is 12.1. The first-order valence-corrected chi connectivity index (χ1v) is 7.33. The zero-order valence-corrected chi connectivity index (χ0v) is 13.4. The molecule has 25 heavy (non-hydrogen) atoms. The standard InChI is InChI=1S/C18H16N2O5/c1-12(21)16(18(24)25-11-13-5-3-2-4-6-13)20-19-15-9-7-14(8-10-15)17(22)23/h2-10,21H,11H2,1H3,(H,22,23). The van der Waals surface area contributed by atoms with Crippen molar-refractivity contribution < 1.29 is 24.5 Å². The molecule has 0 unspecified atom stereocenters. The Morgan fingerprint density at radius 3 is 2.20 bits per heavy atom. The average molecular weight is 340 g/mol. The van der Waals surface area contributed by atoms with E-state index in [1.165, 1.54) is 31.2 Å². The van der Waals surface area contributed by atoms with E-state index in [0.29, 0.717) is 5.69 Å². The van der Waals surface area contributed by atoms with E-state index < -0.39 is 11.9 Å². The first kappa shape index (κ1) is 17.9. The van der Waals surface area contributed by atoms with Crippen LogP contribution in [0.5, 0.6) is 0 Å². The molecule has 0 amide bonds. The number of azo groups is 1. The molecular weight excluding hydrogens is 324 g/mol. The smallest absolute Gasteiger partial charge is 0.362 e. The van der Waals surface area contributed by atoms with E-state index in [1.54, 1.807) is 12.1 Å². The number of aliphatic hydroxyl groups excluding tert-OH is 1. The second kappa shape index (κ2) is 8.39. The SMILES string of the molecule is CC(O)=C(N=Nc1ccc(C(=O)O)cc1)C(=O)OCc1ccccc1. The van der Waals surface area contributed by atoms with Gasteiger partial charge in [0, 0.05) is 0 Å². The van der Waals surface area contributed by atoms with E-state index >= 15 is 0 Å². The van der Waals surface area contributed by atoms with Gasteiger partial charge < -0.3 is 14.9 Å². The molecule has 2 rings (SSSR count). The van der Waals surface area contributed by atoms with Crippen LogP contribution in [0.15, 0.2) is 76.3 Å². The number of nitrogens with zero attached hydrogens (tertiary/aromatic N) is 2. The third-order valence-electron chi connectivity index (χ3n) is 3.13. The van der Waals surface area contributed by atoms with E-state index in [2.05, 4.69) is 10.2 Å². The summed E-state index contributed by atoms with van der Waals surface area (Å²) < 4.78 is 5.10. The second-order valence-corrected chi connectivity index (χ2v) is 5.05. The van der Waals surface area contributed by atoms with E-state index in [-0.39, 0.29) is 23.6 Å². The number of aromatic carboxylic acids is 1. The van der Waals surface area contributed by atoms with Gasteiger partial charge in [-0.2, -0.15) is 5.11 Å². The summed E-state index contributed by atoms with van der Waals surface area (Å²) in [7, 11) is 0. The lowest BCUT2D eigenvalue weighted by atomic mass is 10.2. The lowest BCUT2D eigenvalue weighted by molar-refractivity contribution is -0.140. The summed E-state index contributed by atoms with van der Waals surface area (Å²) in [4.78, 5) is 22.8. The Morgan fingerprint density at radius 1 is 1.00 bits per heavy atom. The van der Waals surface area contributed by atoms with Crippen LogP contribution in [0.4, 0.5) is 5.69 Å². The van der Waals surface area contributed by atoms with E-state index in [0.717, 1.165) is 5.56 Å². The van der Waals surface area contributed by atoms with Crippen LogP contribution in [-0.4, -0.2) is 22.2 Å². The molecule has 0 atom stereocenters. The zero-order chi connectivity index (χ0) is 18.2. The van der Waals surface area contributed by atoms with E-state index in [4.69, 9.17) is 9.84 Å². The Labute approximate surface area is 143 Å². The monoisotopic (exact) mass is 340 g/mol. The van der Waals surface area contributed by atoms with Gasteiger partial charge in [-0.1, -0.05) is 30.3 Å². The number of hydrogen-bond donors (Lipinski definition) is 2. The van der Waals surface area contributed by atoms with Crippen LogP contribution in [0.2, 0.25) is 0 Å². The fourth-order valence-electron chi connectivity index (χ4n) is 1.83. The summed E-state index contributed by atoms with van der Waals surface area (Å²) in [5, 5.41) is 26.0. The van der Waals surface area contributed by atoms with E-state index in [9.17, 15) is 14.7 Å². The molecule has 0 aliphatic carbocycles. The number of benzene rings is 2. The van der Waals surface area contributed by atoms with Crippen LogP contribution in [0.25, 0.3) is 0 Å². The lowest BCUT2D eigenvalue weighted by Gasteiger charge is -2.05. The second-order valence-electron chi connectivity index (χ2n) is 5.05. The third kappa shape index (κ3) is 5.28. The minimum Gasteiger partial charge on any atom is -0.510 e. The number of carbonyl (C=O) groups is 2. The zero-order valence-electron chi connectivity index (χ0n) is 13.4. The molecule has 2 aromatic carbocycles. The van der Waals surface area contributed by atoms with Crippen molar-refractivity contribution in [3.63, 3.8) is 0 Å². The van der Waals surface area contributed by atoms with Gasteiger partial charge in [0.15, 0.2) is 0 Å². The number of carboxylic acid groups (broad SMARTS) is 1. The molecule has 7 heteroatoms. The quantitative estimate of drug-likeness (QED) is 0.357. The van der Waals surface area contributed by atoms with Crippen LogP contribution < -0.4 is 0 Å². The molecule has 2 aromatic rings. The molecule has 0 aliphatic heterocycles. The molecule has 0 saturated carbocycles. The van der Waals surface area contributed by atoms with Gasteiger partial charge in [-0.05, 0) is 36.8 Å². The number of esters is 1. The fourth-order valence-corrected chi connectivity index (χ4v) is 1.83. The molecule has 7 nitrogen and oxygen atoms in total. The Morgan fingerprint density at radius 2 is 1.64 bits per heavy atom. The Bertz CT molecular complexity index is 807. The predicted octanol–water partition coefficient (Wildman–Crippen LogP) is 4.00. The van der Waals surface area contributed by atoms with Crippen molar-refractivity contribution in [2.45, 2.75) is 13.5 Å². The summed E-state index contributed by atoms with van der Waals surface area (Å²) in [6.07, 6.45) is 0. The van der Waals surface area contributed by atoms with Gasteiger partial charge in [0.25, 0.3) is 0 Å². The van der Waals surface area contributed by atoms with E-state index in [1.807, 2.05) is 18.2 Å². The van der Waals surface area contributed by atoms with Gasteiger partial charge in [-0.3, -0.25) is 0 Å². The number of ether oxygens (including phenoxy) is 1. The molecule has 2 N–H and O–H groups in total. The Balaban J connectivity index is 2.06. The first-order valence-electron chi connectivity index (χ1n) is 7.33. The number of carboxylic acids is 1. The molecule has 0 saturated heterocycles. The van der Waals surface area contributed by atoms with Crippen molar-refractivity contribution >= 4 is 17.6 Å². The van der Waals surface area contributed by atoms with Gasteiger partial charge >= 0.3 is 11.9 Å². The van der Waals surface area contributed by atoms with Gasteiger partial charge in [-0.25, -0.2) is 9.59 Å². The van der Waals surface area contributed by atoms with Crippen LogP contribution in [0.1, 0.15) is 22.8 Å². The predicted molar refractivity (Wildman–Crippen MR) is 89.5 cm³/mol. The Hall–Kier alpha value is -3.48. The topological polar surface area (TPSA) is 109 Å². The molecule has 0 fully saturated rings. The molecule has 128 valence electrons. The molecule has 0 spiro atoms. The van der Waals surface area contributed by atoms with Crippen molar-refractivity contribution in [3.05, 3.63) is 77.2 Å². The molecule has 0 bridgehead atoms. The summed E-state index contributed by atoms with van der Waals surface area (Å²) in [6, 6.07) is 14.7. The summed E-state index contributed by atoms with van der Waals surface area (Å²) in [6.45, 7) is 1.34. The fraction of sp³-hybridized carbons (Fsp3) is 0.111. The highest BCUT2D eigenvalue weighted by Crippen LogP contribution is 2.17. The minimum atomic E-state index is -1.06. The molecule has 0 aromatic heterocycles. The van der Waals surface area contributed by atoms with Crippen molar-refractivity contribution in [1.82, 2.24) is 0 Å². The van der Waals surface area contributed by atoms with Gasteiger partial charge in [0.2, 0.25) is 5.70 Å². The van der Waals surface area contributed by atoms with Gasteiger partial charge in [0.05, 0.1) is 11.3 Å².